The molecule has 0 aliphatic heterocycles. The number of methoxy groups -OCH3 is 1. The van der Waals surface area contributed by atoms with E-state index >= 15 is 0 Å². The standard InChI is InChI=1S/C20H28N2O4S/c1-15(2)16-4-6-17(7-5-16)20(21)14-22-27(23,24)19-10-8-18(9-11-19)26-13-12-25-3/h4-11,15,20,22H,12-14,21H2,1-3H3. The number of benzene rings is 2. The predicted octanol–water partition coefficient (Wildman–Crippen LogP) is 2.81. The third kappa shape index (κ3) is 6.32. The van der Waals surface area contributed by atoms with Gasteiger partial charge in [0, 0.05) is 19.7 Å². The largest absolute Gasteiger partial charge is 0.491 e. The van der Waals surface area contributed by atoms with E-state index in [1.807, 2.05) is 24.3 Å². The third-order valence-electron chi connectivity index (χ3n) is 4.21. The fourth-order valence-corrected chi connectivity index (χ4v) is 3.55. The number of nitrogens with two attached hydrogens (primary N) is 1. The van der Waals surface area contributed by atoms with Gasteiger partial charge in [0.05, 0.1) is 11.5 Å². The summed E-state index contributed by atoms with van der Waals surface area (Å²) in [5.41, 5.74) is 8.25. The van der Waals surface area contributed by atoms with E-state index in [0.717, 1.165) is 5.56 Å². The van der Waals surface area contributed by atoms with Crippen LogP contribution in [0.25, 0.3) is 0 Å². The maximum Gasteiger partial charge on any atom is 0.240 e. The summed E-state index contributed by atoms with van der Waals surface area (Å²) >= 11 is 0. The second-order valence-corrected chi connectivity index (χ2v) is 8.36. The summed E-state index contributed by atoms with van der Waals surface area (Å²) in [5, 5.41) is 0. The van der Waals surface area contributed by atoms with Crippen molar-refractivity contribution >= 4 is 10.0 Å². The van der Waals surface area contributed by atoms with Gasteiger partial charge >= 0.3 is 0 Å². The van der Waals surface area contributed by atoms with Gasteiger partial charge in [-0.25, -0.2) is 13.1 Å². The van der Waals surface area contributed by atoms with Gasteiger partial charge in [-0.15, -0.1) is 0 Å². The molecule has 0 saturated carbocycles. The number of rotatable bonds is 10. The Bertz CT molecular complexity index is 803. The second-order valence-electron chi connectivity index (χ2n) is 6.59. The highest BCUT2D eigenvalue weighted by atomic mass is 32.2. The Labute approximate surface area is 161 Å². The van der Waals surface area contributed by atoms with Crippen molar-refractivity contribution in [2.24, 2.45) is 5.73 Å². The number of hydrogen-bond donors (Lipinski definition) is 2. The van der Waals surface area contributed by atoms with Crippen LogP contribution in [-0.4, -0.2) is 35.3 Å². The monoisotopic (exact) mass is 392 g/mol. The lowest BCUT2D eigenvalue weighted by atomic mass is 9.99. The second kappa shape index (κ2) is 9.85. The minimum absolute atomic E-state index is 0.120. The first kappa shape index (κ1) is 21.4. The molecule has 2 aromatic rings. The average Bonchev–Trinajstić information content (AvgIpc) is 2.67. The maximum atomic E-state index is 12.5. The van der Waals surface area contributed by atoms with Crippen LogP contribution in [-0.2, 0) is 14.8 Å². The molecule has 0 fully saturated rings. The topological polar surface area (TPSA) is 90.6 Å². The van der Waals surface area contributed by atoms with E-state index in [9.17, 15) is 8.42 Å². The zero-order chi connectivity index (χ0) is 19.9. The van der Waals surface area contributed by atoms with E-state index in [2.05, 4.69) is 18.6 Å². The molecule has 0 radical (unpaired) electrons. The summed E-state index contributed by atoms with van der Waals surface area (Å²) in [6, 6.07) is 13.8. The highest BCUT2D eigenvalue weighted by molar-refractivity contribution is 7.89. The molecular formula is C20H28N2O4S. The fraction of sp³-hybridized carbons (Fsp3) is 0.400. The van der Waals surface area contributed by atoms with Gasteiger partial charge < -0.3 is 15.2 Å². The molecule has 0 heterocycles. The van der Waals surface area contributed by atoms with Crippen LogP contribution >= 0.6 is 0 Å². The van der Waals surface area contributed by atoms with Crippen LogP contribution in [0.5, 0.6) is 5.75 Å². The highest BCUT2D eigenvalue weighted by Gasteiger charge is 2.16. The third-order valence-corrected chi connectivity index (χ3v) is 5.65. The van der Waals surface area contributed by atoms with Crippen LogP contribution in [0.15, 0.2) is 53.4 Å². The molecule has 1 unspecified atom stereocenters. The Morgan fingerprint density at radius 3 is 2.11 bits per heavy atom. The van der Waals surface area contributed by atoms with E-state index < -0.39 is 16.1 Å². The molecule has 3 N–H and O–H groups in total. The number of sulfonamides is 1. The number of nitrogens with one attached hydrogen (secondary N) is 1. The van der Waals surface area contributed by atoms with E-state index in [1.54, 1.807) is 19.2 Å². The Morgan fingerprint density at radius 1 is 0.963 bits per heavy atom. The van der Waals surface area contributed by atoms with E-state index in [1.165, 1.54) is 17.7 Å². The van der Waals surface area contributed by atoms with Crippen molar-refractivity contribution in [1.29, 1.82) is 0 Å². The number of ether oxygens (including phenoxy) is 2. The molecule has 0 aliphatic carbocycles. The van der Waals surface area contributed by atoms with Crippen molar-refractivity contribution in [1.82, 2.24) is 4.72 Å². The molecule has 1 atom stereocenters. The Kier molecular flexibility index (Phi) is 7.79. The minimum atomic E-state index is -3.64. The van der Waals surface area contributed by atoms with Crippen molar-refractivity contribution < 1.29 is 17.9 Å². The Balaban J connectivity index is 1.95. The van der Waals surface area contributed by atoms with Crippen molar-refractivity contribution in [2.75, 3.05) is 26.9 Å². The van der Waals surface area contributed by atoms with E-state index in [4.69, 9.17) is 15.2 Å². The first-order chi connectivity index (χ1) is 12.8. The maximum absolute atomic E-state index is 12.5. The summed E-state index contributed by atoms with van der Waals surface area (Å²) in [7, 11) is -2.05. The lowest BCUT2D eigenvalue weighted by Crippen LogP contribution is -2.32. The van der Waals surface area contributed by atoms with Crippen LogP contribution in [0.3, 0.4) is 0 Å². The summed E-state index contributed by atoms with van der Waals surface area (Å²) in [6.45, 7) is 5.24. The lowest BCUT2D eigenvalue weighted by molar-refractivity contribution is 0.146. The number of hydrogen-bond acceptors (Lipinski definition) is 5. The van der Waals surface area contributed by atoms with Gasteiger partial charge in [0.1, 0.15) is 12.4 Å². The van der Waals surface area contributed by atoms with E-state index in [-0.39, 0.29) is 11.4 Å². The van der Waals surface area contributed by atoms with Gasteiger partial charge in [-0.3, -0.25) is 0 Å². The Hall–Kier alpha value is -1.93. The molecule has 0 amide bonds. The van der Waals surface area contributed by atoms with Gasteiger partial charge in [-0.1, -0.05) is 38.1 Å². The Morgan fingerprint density at radius 2 is 1.56 bits per heavy atom. The molecule has 148 valence electrons. The van der Waals surface area contributed by atoms with Crippen molar-refractivity contribution in [3.05, 3.63) is 59.7 Å². The molecule has 2 aromatic carbocycles. The van der Waals surface area contributed by atoms with Gasteiger partial charge in [-0.05, 0) is 41.3 Å². The van der Waals surface area contributed by atoms with Crippen LogP contribution in [0.1, 0.15) is 36.9 Å². The molecule has 0 aliphatic rings. The SMILES string of the molecule is COCCOc1ccc(S(=O)(=O)NCC(N)c2ccc(C(C)C)cc2)cc1. The minimum Gasteiger partial charge on any atom is -0.491 e. The molecule has 0 spiro atoms. The van der Waals surface area contributed by atoms with Gasteiger partial charge in [0.15, 0.2) is 0 Å². The lowest BCUT2D eigenvalue weighted by Gasteiger charge is -2.15. The van der Waals surface area contributed by atoms with Crippen LogP contribution in [0.4, 0.5) is 0 Å². The predicted molar refractivity (Wildman–Crippen MR) is 106 cm³/mol. The first-order valence-corrected chi connectivity index (χ1v) is 10.4. The van der Waals surface area contributed by atoms with Gasteiger partial charge in [0.25, 0.3) is 0 Å². The summed E-state index contributed by atoms with van der Waals surface area (Å²) in [4.78, 5) is 0.170. The van der Waals surface area contributed by atoms with Gasteiger partial charge in [0.2, 0.25) is 10.0 Å². The smallest absolute Gasteiger partial charge is 0.240 e. The highest BCUT2D eigenvalue weighted by Crippen LogP contribution is 2.19. The molecule has 0 bridgehead atoms. The molecule has 27 heavy (non-hydrogen) atoms. The van der Waals surface area contributed by atoms with Gasteiger partial charge in [-0.2, -0.15) is 0 Å². The molecule has 0 aromatic heterocycles. The molecule has 7 heteroatoms. The van der Waals surface area contributed by atoms with Crippen LogP contribution in [0, 0.1) is 0 Å². The molecule has 6 nitrogen and oxygen atoms in total. The zero-order valence-corrected chi connectivity index (χ0v) is 16.8. The quantitative estimate of drug-likeness (QED) is 0.607. The van der Waals surface area contributed by atoms with Crippen LogP contribution in [0.2, 0.25) is 0 Å². The van der Waals surface area contributed by atoms with Crippen molar-refractivity contribution in [3.8, 4) is 5.75 Å². The first-order valence-electron chi connectivity index (χ1n) is 8.90. The molecule has 2 rings (SSSR count). The van der Waals surface area contributed by atoms with E-state index in [0.29, 0.717) is 24.9 Å². The fourth-order valence-electron chi connectivity index (χ4n) is 2.49. The zero-order valence-electron chi connectivity index (χ0n) is 16.0. The summed E-state index contributed by atoms with van der Waals surface area (Å²) in [5.74, 6) is 1.03. The summed E-state index contributed by atoms with van der Waals surface area (Å²) in [6.07, 6.45) is 0. The van der Waals surface area contributed by atoms with Crippen molar-refractivity contribution in [3.63, 3.8) is 0 Å². The summed E-state index contributed by atoms with van der Waals surface area (Å²) < 4.78 is 37.8. The van der Waals surface area contributed by atoms with Crippen molar-refractivity contribution in [2.45, 2.75) is 30.7 Å². The van der Waals surface area contributed by atoms with Crippen LogP contribution < -0.4 is 15.2 Å². The molecule has 0 saturated heterocycles. The normalized spacial score (nSPS) is 12.9. The average molecular weight is 393 g/mol. The molecular weight excluding hydrogens is 364 g/mol.